The Labute approximate surface area is 229 Å². The fourth-order valence-electron chi connectivity index (χ4n) is 5.78. The molecule has 38 heavy (non-hydrogen) atoms. The van der Waals surface area contributed by atoms with Crippen LogP contribution in [0.4, 0.5) is 5.69 Å². The third-order valence-electron chi connectivity index (χ3n) is 7.93. The second-order valence-electron chi connectivity index (χ2n) is 11.0. The molecule has 3 heterocycles. The number of para-hydroxylation sites is 2. The largest absolute Gasteiger partial charge is 0.361 e. The molecular weight excluding hydrogens is 502 g/mol. The van der Waals surface area contributed by atoms with Gasteiger partial charge in [0, 0.05) is 61.2 Å². The van der Waals surface area contributed by atoms with Crippen LogP contribution >= 0.6 is 12.4 Å². The summed E-state index contributed by atoms with van der Waals surface area (Å²) in [5.41, 5.74) is 8.92. The van der Waals surface area contributed by atoms with Gasteiger partial charge in [-0.2, -0.15) is 0 Å². The van der Waals surface area contributed by atoms with E-state index in [1.165, 1.54) is 5.56 Å². The number of aromatic nitrogens is 1. The number of carbonyl (C=O) groups is 3. The molecule has 3 aromatic rings. The first-order chi connectivity index (χ1) is 17.6. The van der Waals surface area contributed by atoms with E-state index in [0.717, 1.165) is 35.0 Å². The van der Waals surface area contributed by atoms with Crippen LogP contribution in [0.25, 0.3) is 10.9 Å². The van der Waals surface area contributed by atoms with Crippen LogP contribution in [0.3, 0.4) is 0 Å². The molecule has 0 radical (unpaired) electrons. The second-order valence-corrected chi connectivity index (χ2v) is 11.0. The normalized spacial score (nSPS) is 17.2. The van der Waals surface area contributed by atoms with Gasteiger partial charge in [0.15, 0.2) is 0 Å². The molecule has 0 aliphatic carbocycles. The summed E-state index contributed by atoms with van der Waals surface area (Å²) in [6.07, 6.45) is 3.79. The lowest BCUT2D eigenvalue weighted by Crippen LogP contribution is -2.58. The van der Waals surface area contributed by atoms with E-state index in [0.29, 0.717) is 26.1 Å². The molecule has 1 aromatic heterocycles. The number of hydrogen-bond acceptors (Lipinski definition) is 4. The molecule has 2 aliphatic rings. The summed E-state index contributed by atoms with van der Waals surface area (Å²) < 4.78 is 0. The van der Waals surface area contributed by atoms with Crippen molar-refractivity contribution in [1.82, 2.24) is 15.2 Å². The molecule has 1 unspecified atom stereocenters. The van der Waals surface area contributed by atoms with E-state index >= 15 is 0 Å². The van der Waals surface area contributed by atoms with Crippen molar-refractivity contribution < 1.29 is 14.4 Å². The maximum Gasteiger partial charge on any atom is 0.245 e. The number of rotatable bonds is 5. The average molecular weight is 538 g/mol. The summed E-state index contributed by atoms with van der Waals surface area (Å²) >= 11 is 0. The van der Waals surface area contributed by atoms with Crippen LogP contribution in [0.5, 0.6) is 0 Å². The molecule has 202 valence electrons. The molecule has 1 saturated heterocycles. The zero-order chi connectivity index (χ0) is 26.4. The van der Waals surface area contributed by atoms with E-state index < -0.39 is 11.6 Å². The maximum absolute atomic E-state index is 13.8. The number of piperidine rings is 1. The first-order valence-corrected chi connectivity index (χ1v) is 12.9. The van der Waals surface area contributed by atoms with Gasteiger partial charge in [-0.05, 0) is 49.9 Å². The predicted molar refractivity (Wildman–Crippen MR) is 151 cm³/mol. The zero-order valence-electron chi connectivity index (χ0n) is 22.1. The summed E-state index contributed by atoms with van der Waals surface area (Å²) in [4.78, 5) is 46.0. The summed E-state index contributed by atoms with van der Waals surface area (Å²) in [7, 11) is 0. The quantitative estimate of drug-likeness (QED) is 0.463. The molecule has 1 spiro atoms. The van der Waals surface area contributed by atoms with Crippen LogP contribution in [-0.2, 0) is 26.2 Å². The van der Waals surface area contributed by atoms with Gasteiger partial charge in [0.1, 0.15) is 6.04 Å². The first kappa shape index (κ1) is 27.7. The Bertz CT molecular complexity index is 1350. The minimum Gasteiger partial charge on any atom is -0.361 e. The van der Waals surface area contributed by atoms with Crippen LogP contribution in [0.15, 0.2) is 54.7 Å². The fraction of sp³-hybridized carbons (Fsp3) is 0.414. The number of aromatic amines is 1. The molecule has 5 rings (SSSR count). The average Bonchev–Trinajstić information content (AvgIpc) is 3.43. The number of carbonyl (C=O) groups excluding carboxylic acids is 3. The number of anilines is 1. The smallest absolute Gasteiger partial charge is 0.245 e. The van der Waals surface area contributed by atoms with Crippen LogP contribution in [0.1, 0.15) is 44.7 Å². The van der Waals surface area contributed by atoms with Gasteiger partial charge in [-0.15, -0.1) is 12.4 Å². The van der Waals surface area contributed by atoms with Crippen LogP contribution < -0.4 is 16.0 Å². The van der Waals surface area contributed by atoms with Crippen molar-refractivity contribution in [3.05, 3.63) is 65.9 Å². The van der Waals surface area contributed by atoms with Crippen molar-refractivity contribution in [2.45, 2.75) is 57.0 Å². The molecule has 1 atom stereocenters. The fourth-order valence-corrected chi connectivity index (χ4v) is 5.78. The Morgan fingerprint density at radius 3 is 2.42 bits per heavy atom. The van der Waals surface area contributed by atoms with Crippen LogP contribution in [0, 0.1) is 0 Å². The van der Waals surface area contributed by atoms with Gasteiger partial charge >= 0.3 is 0 Å². The van der Waals surface area contributed by atoms with Gasteiger partial charge in [0.25, 0.3) is 0 Å². The summed E-state index contributed by atoms with van der Waals surface area (Å²) in [5.74, 6) is -0.429. The van der Waals surface area contributed by atoms with E-state index in [1.54, 1.807) is 20.8 Å². The number of fused-ring (bicyclic) bond motifs is 3. The van der Waals surface area contributed by atoms with Gasteiger partial charge in [-0.1, -0.05) is 36.4 Å². The Balaban J connectivity index is 0.00000336. The number of amides is 3. The minimum absolute atomic E-state index is 0. The monoisotopic (exact) mass is 537 g/mol. The number of benzene rings is 2. The number of hydrogen-bond donors (Lipinski definition) is 3. The molecule has 1 fully saturated rings. The first-order valence-electron chi connectivity index (χ1n) is 12.9. The summed E-state index contributed by atoms with van der Waals surface area (Å²) in [6, 6.07) is 15.3. The summed E-state index contributed by atoms with van der Waals surface area (Å²) in [5, 5.41) is 3.97. The van der Waals surface area contributed by atoms with Gasteiger partial charge in [0.05, 0.1) is 5.54 Å². The Kier molecular flexibility index (Phi) is 7.59. The van der Waals surface area contributed by atoms with Crippen molar-refractivity contribution in [3.8, 4) is 0 Å². The molecule has 2 aliphatic heterocycles. The topological polar surface area (TPSA) is 112 Å². The maximum atomic E-state index is 13.8. The lowest BCUT2D eigenvalue weighted by molar-refractivity contribution is -0.138. The van der Waals surface area contributed by atoms with Crippen molar-refractivity contribution in [2.24, 2.45) is 5.73 Å². The molecular formula is C29H36ClN5O3. The molecule has 4 N–H and O–H groups in total. The number of likely N-dealkylation sites (tertiary alicyclic amines) is 1. The van der Waals surface area contributed by atoms with Gasteiger partial charge < -0.3 is 25.8 Å². The molecule has 9 heteroatoms. The number of nitrogens with one attached hydrogen (secondary N) is 2. The van der Waals surface area contributed by atoms with Crippen LogP contribution in [-0.4, -0.2) is 58.8 Å². The number of H-pyrrole nitrogens is 1. The summed E-state index contributed by atoms with van der Waals surface area (Å²) in [6.45, 7) is 6.64. The minimum atomic E-state index is -1.10. The number of halogens is 1. The molecule has 0 bridgehead atoms. The third-order valence-corrected chi connectivity index (χ3v) is 7.93. The lowest BCUT2D eigenvalue weighted by Gasteiger charge is -2.41. The van der Waals surface area contributed by atoms with Crippen molar-refractivity contribution in [2.75, 3.05) is 24.5 Å². The highest BCUT2D eigenvalue weighted by atomic mass is 35.5. The van der Waals surface area contributed by atoms with Crippen molar-refractivity contribution in [1.29, 1.82) is 0 Å². The lowest BCUT2D eigenvalue weighted by atomic mass is 9.74. The highest BCUT2D eigenvalue weighted by Gasteiger charge is 2.46. The highest BCUT2D eigenvalue weighted by Crippen LogP contribution is 2.47. The van der Waals surface area contributed by atoms with Gasteiger partial charge in [-0.25, -0.2) is 0 Å². The van der Waals surface area contributed by atoms with Gasteiger partial charge in [-0.3, -0.25) is 14.4 Å². The van der Waals surface area contributed by atoms with Crippen molar-refractivity contribution in [3.63, 3.8) is 0 Å². The SMILES string of the molecule is CC(=O)N1CC2(CCN(C(=O)C(Cc3c[nH]c4ccccc34)NC(=O)C(C)(C)N)CC2)c2ccccc21.Cl. The molecule has 8 nitrogen and oxygen atoms in total. The standard InChI is InChI=1S/C29H35N5O3.ClH/c1-19(35)34-18-29(22-9-5-7-11-25(22)34)12-14-33(15-13-29)26(36)24(32-27(37)28(2,3)30)16-20-17-31-23-10-6-4-8-21(20)23;/h4-11,17,24,31H,12-16,18,30H2,1-3H3,(H,32,37);1H. The Morgan fingerprint density at radius 2 is 1.74 bits per heavy atom. The van der Waals surface area contributed by atoms with E-state index in [1.807, 2.05) is 58.5 Å². The zero-order valence-corrected chi connectivity index (χ0v) is 22.9. The van der Waals surface area contributed by atoms with E-state index in [9.17, 15) is 14.4 Å². The van der Waals surface area contributed by atoms with E-state index in [2.05, 4.69) is 16.4 Å². The number of nitrogens with two attached hydrogens (primary N) is 1. The molecule has 0 saturated carbocycles. The molecule has 3 amide bonds. The molecule has 2 aromatic carbocycles. The van der Waals surface area contributed by atoms with Crippen molar-refractivity contribution >= 4 is 46.7 Å². The van der Waals surface area contributed by atoms with Gasteiger partial charge in [0.2, 0.25) is 17.7 Å². The highest BCUT2D eigenvalue weighted by molar-refractivity contribution is 5.95. The Hall–Kier alpha value is -3.36. The van der Waals surface area contributed by atoms with E-state index in [4.69, 9.17) is 5.73 Å². The predicted octanol–water partition coefficient (Wildman–Crippen LogP) is 3.28. The second kappa shape index (κ2) is 10.4. The third kappa shape index (κ3) is 5.02. The van der Waals surface area contributed by atoms with E-state index in [-0.39, 0.29) is 35.5 Å². The number of nitrogens with zero attached hydrogens (tertiary/aromatic N) is 2. The Morgan fingerprint density at radius 1 is 1.08 bits per heavy atom. The van der Waals surface area contributed by atoms with Crippen LogP contribution in [0.2, 0.25) is 0 Å².